The molecular weight excluding hydrogens is 194 g/mol. The Balaban J connectivity index is 2.00. The van der Waals surface area contributed by atoms with Crippen LogP contribution < -0.4 is 5.32 Å². The predicted molar refractivity (Wildman–Crippen MR) is 53.3 cm³/mol. The van der Waals surface area contributed by atoms with Crippen molar-refractivity contribution in [2.45, 2.75) is 6.04 Å². The van der Waals surface area contributed by atoms with E-state index in [-0.39, 0.29) is 12.1 Å². The van der Waals surface area contributed by atoms with Crippen molar-refractivity contribution in [3.05, 3.63) is 30.1 Å². The highest BCUT2D eigenvalue weighted by Crippen LogP contribution is 2.21. The molecule has 5 nitrogen and oxygen atoms in total. The predicted octanol–water partition coefficient (Wildman–Crippen LogP) is 1.34. The van der Waals surface area contributed by atoms with E-state index in [9.17, 15) is 4.79 Å². The van der Waals surface area contributed by atoms with Gasteiger partial charge in [-0.2, -0.15) is 0 Å². The maximum atomic E-state index is 10.9. The number of carbonyl (C=O) groups is 1. The summed E-state index contributed by atoms with van der Waals surface area (Å²) in [4.78, 5) is 18.0. The third-order valence-corrected chi connectivity index (χ3v) is 2.52. The fourth-order valence-electron chi connectivity index (χ4n) is 1.73. The van der Waals surface area contributed by atoms with Crippen molar-refractivity contribution < 1.29 is 9.53 Å². The number of aromatic amines is 1. The first-order valence-corrected chi connectivity index (χ1v) is 4.69. The molecule has 5 heteroatoms. The second-order valence-corrected chi connectivity index (χ2v) is 3.47. The van der Waals surface area contributed by atoms with Gasteiger partial charge >= 0.3 is 6.09 Å². The lowest BCUT2D eigenvalue weighted by Gasteiger charge is -2.06. The van der Waals surface area contributed by atoms with Crippen molar-refractivity contribution in [2.75, 3.05) is 6.61 Å². The van der Waals surface area contributed by atoms with Crippen LogP contribution in [-0.4, -0.2) is 22.7 Å². The highest BCUT2D eigenvalue weighted by Gasteiger charge is 2.23. The molecule has 0 bridgehead atoms. The molecule has 1 fully saturated rings. The number of alkyl carbamates (subject to hydrolysis) is 1. The van der Waals surface area contributed by atoms with E-state index in [0.29, 0.717) is 6.61 Å². The van der Waals surface area contributed by atoms with Crippen LogP contribution in [0.5, 0.6) is 0 Å². The number of ether oxygens (including phenoxy) is 1. The van der Waals surface area contributed by atoms with Gasteiger partial charge in [0.05, 0.1) is 23.4 Å². The van der Waals surface area contributed by atoms with E-state index in [2.05, 4.69) is 15.3 Å². The highest BCUT2D eigenvalue weighted by atomic mass is 16.6. The second-order valence-electron chi connectivity index (χ2n) is 3.47. The molecule has 1 atom stereocenters. The van der Waals surface area contributed by atoms with Gasteiger partial charge < -0.3 is 15.0 Å². The normalized spacial score (nSPS) is 20.3. The zero-order chi connectivity index (χ0) is 10.3. The maximum Gasteiger partial charge on any atom is 0.407 e. The fraction of sp³-hybridized carbons (Fsp3) is 0.200. The van der Waals surface area contributed by atoms with Crippen molar-refractivity contribution >= 4 is 17.1 Å². The van der Waals surface area contributed by atoms with Gasteiger partial charge in [-0.05, 0) is 17.7 Å². The SMILES string of the molecule is O=C1NC(c2ccc3nc[nH]c3c2)CO1. The summed E-state index contributed by atoms with van der Waals surface area (Å²) in [6.45, 7) is 0.387. The topological polar surface area (TPSA) is 67.0 Å². The van der Waals surface area contributed by atoms with Crippen LogP contribution in [-0.2, 0) is 4.74 Å². The summed E-state index contributed by atoms with van der Waals surface area (Å²) in [6.07, 6.45) is 1.29. The zero-order valence-corrected chi connectivity index (χ0v) is 7.86. The smallest absolute Gasteiger partial charge is 0.407 e. The van der Waals surface area contributed by atoms with Crippen LogP contribution in [0.15, 0.2) is 24.5 Å². The van der Waals surface area contributed by atoms with Crippen LogP contribution in [0.2, 0.25) is 0 Å². The summed E-state index contributed by atoms with van der Waals surface area (Å²) in [5.41, 5.74) is 2.91. The van der Waals surface area contributed by atoms with Crippen molar-refractivity contribution in [1.29, 1.82) is 0 Å². The van der Waals surface area contributed by atoms with Crippen LogP contribution in [0, 0.1) is 0 Å². The number of hydrogen-bond acceptors (Lipinski definition) is 3. The average molecular weight is 203 g/mol. The molecule has 1 aliphatic rings. The molecule has 2 N–H and O–H groups in total. The average Bonchev–Trinajstić information content (AvgIpc) is 2.84. The van der Waals surface area contributed by atoms with E-state index < -0.39 is 0 Å². The first-order chi connectivity index (χ1) is 7.33. The van der Waals surface area contributed by atoms with Gasteiger partial charge in [0, 0.05) is 0 Å². The first-order valence-electron chi connectivity index (χ1n) is 4.69. The van der Waals surface area contributed by atoms with E-state index in [1.165, 1.54) is 0 Å². The Morgan fingerprint density at radius 1 is 1.47 bits per heavy atom. The van der Waals surface area contributed by atoms with E-state index in [1.54, 1.807) is 6.33 Å². The Hall–Kier alpha value is -2.04. The van der Waals surface area contributed by atoms with E-state index >= 15 is 0 Å². The largest absolute Gasteiger partial charge is 0.447 e. The lowest BCUT2D eigenvalue weighted by molar-refractivity contribution is 0.177. The summed E-state index contributed by atoms with van der Waals surface area (Å²) >= 11 is 0. The minimum atomic E-state index is -0.357. The third-order valence-electron chi connectivity index (χ3n) is 2.52. The maximum absolute atomic E-state index is 10.9. The van der Waals surface area contributed by atoms with Crippen LogP contribution in [0.3, 0.4) is 0 Å². The van der Waals surface area contributed by atoms with Gasteiger partial charge in [0.1, 0.15) is 6.61 Å². The van der Waals surface area contributed by atoms with Gasteiger partial charge in [0.25, 0.3) is 0 Å². The summed E-state index contributed by atoms with van der Waals surface area (Å²) in [6, 6.07) is 5.79. The number of benzene rings is 1. The van der Waals surface area contributed by atoms with E-state index in [0.717, 1.165) is 16.6 Å². The van der Waals surface area contributed by atoms with Crippen LogP contribution in [0.25, 0.3) is 11.0 Å². The Morgan fingerprint density at radius 2 is 2.40 bits per heavy atom. The molecule has 76 valence electrons. The molecule has 1 aliphatic heterocycles. The van der Waals surface area contributed by atoms with Crippen LogP contribution in [0.1, 0.15) is 11.6 Å². The number of imidazole rings is 1. The van der Waals surface area contributed by atoms with Crippen molar-refractivity contribution in [2.24, 2.45) is 0 Å². The monoisotopic (exact) mass is 203 g/mol. The number of hydrogen-bond donors (Lipinski definition) is 2. The Morgan fingerprint density at radius 3 is 3.20 bits per heavy atom. The Labute approximate surface area is 85.5 Å². The molecule has 1 amide bonds. The first kappa shape index (κ1) is 8.28. The molecule has 1 saturated heterocycles. The van der Waals surface area contributed by atoms with Gasteiger partial charge in [-0.25, -0.2) is 9.78 Å². The number of nitrogens with one attached hydrogen (secondary N) is 2. The van der Waals surface area contributed by atoms with Gasteiger partial charge in [0.2, 0.25) is 0 Å². The number of carbonyl (C=O) groups excluding carboxylic acids is 1. The minimum Gasteiger partial charge on any atom is -0.447 e. The molecule has 2 heterocycles. The van der Waals surface area contributed by atoms with E-state index in [4.69, 9.17) is 4.74 Å². The second kappa shape index (κ2) is 2.98. The summed E-state index contributed by atoms with van der Waals surface area (Å²) in [5, 5.41) is 2.73. The van der Waals surface area contributed by atoms with Gasteiger partial charge in [-0.3, -0.25) is 0 Å². The highest BCUT2D eigenvalue weighted by molar-refractivity contribution is 5.76. The molecule has 1 aromatic heterocycles. The van der Waals surface area contributed by atoms with Crippen molar-refractivity contribution in [1.82, 2.24) is 15.3 Å². The minimum absolute atomic E-state index is 0.0507. The number of fused-ring (bicyclic) bond motifs is 1. The van der Waals surface area contributed by atoms with Gasteiger partial charge in [0.15, 0.2) is 0 Å². The molecule has 15 heavy (non-hydrogen) atoms. The van der Waals surface area contributed by atoms with Crippen LogP contribution in [0.4, 0.5) is 4.79 Å². The fourth-order valence-corrected chi connectivity index (χ4v) is 1.73. The van der Waals surface area contributed by atoms with Crippen LogP contribution >= 0.6 is 0 Å². The molecule has 0 aliphatic carbocycles. The lowest BCUT2D eigenvalue weighted by atomic mass is 10.1. The molecule has 2 aromatic rings. The standard InChI is InChI=1S/C10H9N3O2/c14-10-13-9(4-15-10)6-1-2-7-8(3-6)12-5-11-7/h1-3,5,9H,4H2,(H,11,12)(H,13,14). The lowest BCUT2D eigenvalue weighted by Crippen LogP contribution is -2.18. The van der Waals surface area contributed by atoms with Gasteiger partial charge in [-0.15, -0.1) is 0 Å². The van der Waals surface area contributed by atoms with Gasteiger partial charge in [-0.1, -0.05) is 6.07 Å². The molecule has 1 aromatic carbocycles. The number of amides is 1. The number of H-pyrrole nitrogens is 1. The Bertz CT molecular complexity index is 520. The number of rotatable bonds is 1. The summed E-state index contributed by atoms with van der Waals surface area (Å²) in [5.74, 6) is 0. The Kier molecular flexibility index (Phi) is 1.65. The number of cyclic esters (lactones) is 1. The van der Waals surface area contributed by atoms with Crippen molar-refractivity contribution in [3.8, 4) is 0 Å². The molecule has 1 unspecified atom stereocenters. The molecular formula is C10H9N3O2. The zero-order valence-electron chi connectivity index (χ0n) is 7.86. The van der Waals surface area contributed by atoms with Crippen molar-refractivity contribution in [3.63, 3.8) is 0 Å². The quantitative estimate of drug-likeness (QED) is 0.735. The summed E-state index contributed by atoms with van der Waals surface area (Å²) in [7, 11) is 0. The number of nitrogens with zero attached hydrogens (tertiary/aromatic N) is 1. The molecule has 0 saturated carbocycles. The molecule has 0 radical (unpaired) electrons. The number of aromatic nitrogens is 2. The molecule has 3 rings (SSSR count). The third kappa shape index (κ3) is 1.32. The van der Waals surface area contributed by atoms with E-state index in [1.807, 2.05) is 18.2 Å². The molecule has 0 spiro atoms. The summed E-state index contributed by atoms with van der Waals surface area (Å²) < 4.78 is 4.84.